The van der Waals surface area contributed by atoms with Gasteiger partial charge in [-0.15, -0.1) is 0 Å². The fourth-order valence-corrected chi connectivity index (χ4v) is 3.52. The van der Waals surface area contributed by atoms with Gasteiger partial charge in [-0.3, -0.25) is 9.59 Å². The largest absolute Gasteiger partial charge is 0.497 e. The minimum absolute atomic E-state index is 0.0610. The molecule has 0 saturated heterocycles. The molecular formula is C22H21N3O3. The van der Waals surface area contributed by atoms with E-state index in [9.17, 15) is 9.59 Å². The number of nitrogens with zero attached hydrogens (tertiary/aromatic N) is 2. The number of carbonyl (C=O) groups excluding carboxylic acids is 1. The van der Waals surface area contributed by atoms with Crippen LogP contribution in [0.1, 0.15) is 27.2 Å². The van der Waals surface area contributed by atoms with Gasteiger partial charge in [-0.2, -0.15) is 0 Å². The summed E-state index contributed by atoms with van der Waals surface area (Å²) < 4.78 is 5.22. The first-order valence-electron chi connectivity index (χ1n) is 9.18. The Bertz CT molecular complexity index is 1090. The van der Waals surface area contributed by atoms with Crippen molar-refractivity contribution in [2.75, 3.05) is 13.7 Å². The van der Waals surface area contributed by atoms with Gasteiger partial charge in [0.1, 0.15) is 11.6 Å². The third-order valence-corrected chi connectivity index (χ3v) is 5.07. The smallest absolute Gasteiger partial charge is 0.254 e. The minimum atomic E-state index is -0.128. The van der Waals surface area contributed by atoms with E-state index in [0.717, 1.165) is 16.9 Å². The molecule has 0 unspecified atom stereocenters. The van der Waals surface area contributed by atoms with Crippen LogP contribution in [0.3, 0.4) is 0 Å². The lowest BCUT2D eigenvalue weighted by molar-refractivity contribution is 0.0730. The highest BCUT2D eigenvalue weighted by Crippen LogP contribution is 2.23. The summed E-state index contributed by atoms with van der Waals surface area (Å²) >= 11 is 0. The lowest BCUT2D eigenvalue weighted by Crippen LogP contribution is -2.39. The molecule has 3 aromatic rings. The molecule has 1 aliphatic heterocycles. The molecule has 6 heteroatoms. The van der Waals surface area contributed by atoms with Gasteiger partial charge in [-0.25, -0.2) is 4.98 Å². The van der Waals surface area contributed by atoms with Crippen molar-refractivity contribution in [3.8, 4) is 17.1 Å². The number of ether oxygens (including phenoxy) is 1. The minimum Gasteiger partial charge on any atom is -0.497 e. The van der Waals surface area contributed by atoms with E-state index in [2.05, 4.69) is 9.97 Å². The second kappa shape index (κ2) is 7.31. The number of fused-ring (bicyclic) bond motifs is 1. The molecule has 0 fully saturated rings. The molecule has 6 nitrogen and oxygen atoms in total. The summed E-state index contributed by atoms with van der Waals surface area (Å²) in [6.45, 7) is 2.71. The molecule has 1 amide bonds. The molecule has 0 atom stereocenters. The molecule has 0 radical (unpaired) electrons. The molecule has 2 aromatic carbocycles. The van der Waals surface area contributed by atoms with Gasteiger partial charge in [-0.1, -0.05) is 30.3 Å². The van der Waals surface area contributed by atoms with Crippen LogP contribution in [0.5, 0.6) is 5.75 Å². The van der Waals surface area contributed by atoms with Crippen molar-refractivity contribution in [1.82, 2.24) is 14.9 Å². The van der Waals surface area contributed by atoms with E-state index in [-0.39, 0.29) is 11.5 Å². The van der Waals surface area contributed by atoms with Crippen molar-refractivity contribution in [3.63, 3.8) is 0 Å². The van der Waals surface area contributed by atoms with Gasteiger partial charge in [0.15, 0.2) is 0 Å². The molecule has 28 heavy (non-hydrogen) atoms. The average Bonchev–Trinajstić information content (AvgIpc) is 2.73. The molecule has 2 heterocycles. The topological polar surface area (TPSA) is 75.3 Å². The van der Waals surface area contributed by atoms with Crippen molar-refractivity contribution < 1.29 is 9.53 Å². The molecule has 0 spiro atoms. The number of methoxy groups -OCH3 is 1. The Morgan fingerprint density at radius 2 is 1.96 bits per heavy atom. The van der Waals surface area contributed by atoms with Gasteiger partial charge < -0.3 is 14.6 Å². The number of H-pyrrole nitrogens is 1. The maximum atomic E-state index is 13.0. The van der Waals surface area contributed by atoms with Crippen LogP contribution in [0.4, 0.5) is 0 Å². The lowest BCUT2D eigenvalue weighted by atomic mass is 10.0. The summed E-state index contributed by atoms with van der Waals surface area (Å²) in [5.41, 5.74) is 3.54. The van der Waals surface area contributed by atoms with Crippen LogP contribution < -0.4 is 10.3 Å². The SMILES string of the molecule is COc1ccc(C(=O)N2CCc3c(nc(-c4ccccc4)[nH]c3=O)C2)c(C)c1. The Kier molecular flexibility index (Phi) is 4.69. The fourth-order valence-electron chi connectivity index (χ4n) is 3.52. The first-order chi connectivity index (χ1) is 13.6. The van der Waals surface area contributed by atoms with Crippen LogP contribution in [0.2, 0.25) is 0 Å². The molecule has 4 rings (SSSR count). The number of hydrogen-bond donors (Lipinski definition) is 1. The molecular weight excluding hydrogens is 354 g/mol. The molecule has 0 saturated carbocycles. The molecule has 1 N–H and O–H groups in total. The van der Waals surface area contributed by atoms with Crippen molar-refractivity contribution in [2.45, 2.75) is 19.9 Å². The zero-order valence-electron chi connectivity index (χ0n) is 15.9. The summed E-state index contributed by atoms with van der Waals surface area (Å²) in [6, 6.07) is 14.9. The molecule has 0 bridgehead atoms. The highest BCUT2D eigenvalue weighted by atomic mass is 16.5. The molecule has 0 aliphatic carbocycles. The van der Waals surface area contributed by atoms with Gasteiger partial charge in [0.2, 0.25) is 0 Å². The van der Waals surface area contributed by atoms with Gasteiger partial charge in [0.05, 0.1) is 19.3 Å². The van der Waals surface area contributed by atoms with E-state index < -0.39 is 0 Å². The van der Waals surface area contributed by atoms with Crippen LogP contribution in [-0.2, 0) is 13.0 Å². The number of carbonyl (C=O) groups is 1. The number of hydrogen-bond acceptors (Lipinski definition) is 4. The quantitative estimate of drug-likeness (QED) is 0.764. The van der Waals surface area contributed by atoms with Crippen LogP contribution >= 0.6 is 0 Å². The second-order valence-electron chi connectivity index (χ2n) is 6.86. The van der Waals surface area contributed by atoms with Gasteiger partial charge >= 0.3 is 0 Å². The van der Waals surface area contributed by atoms with Gasteiger partial charge in [0.25, 0.3) is 11.5 Å². The Hall–Kier alpha value is -3.41. The standard InChI is InChI=1S/C22H21N3O3/c1-14-12-16(28-2)8-9-17(14)22(27)25-11-10-18-19(13-25)23-20(24-21(18)26)15-6-4-3-5-7-15/h3-9,12H,10-11,13H2,1-2H3,(H,23,24,26). The number of aromatic amines is 1. The third-order valence-electron chi connectivity index (χ3n) is 5.07. The van der Waals surface area contributed by atoms with E-state index in [1.165, 1.54) is 0 Å². The number of rotatable bonds is 3. The maximum absolute atomic E-state index is 13.0. The lowest BCUT2D eigenvalue weighted by Gasteiger charge is -2.28. The van der Waals surface area contributed by atoms with Crippen LogP contribution in [0.15, 0.2) is 53.3 Å². The first kappa shape index (κ1) is 18.0. The summed E-state index contributed by atoms with van der Waals surface area (Å²) in [7, 11) is 1.60. The van der Waals surface area contributed by atoms with Crippen LogP contribution in [-0.4, -0.2) is 34.4 Å². The summed E-state index contributed by atoms with van der Waals surface area (Å²) in [5.74, 6) is 1.19. The maximum Gasteiger partial charge on any atom is 0.254 e. The van der Waals surface area contributed by atoms with Crippen molar-refractivity contribution >= 4 is 5.91 Å². The first-order valence-corrected chi connectivity index (χ1v) is 9.18. The zero-order chi connectivity index (χ0) is 19.7. The summed E-state index contributed by atoms with van der Waals surface area (Å²) in [6.07, 6.45) is 0.494. The highest BCUT2D eigenvalue weighted by molar-refractivity contribution is 5.96. The Morgan fingerprint density at radius 3 is 2.68 bits per heavy atom. The highest BCUT2D eigenvalue weighted by Gasteiger charge is 2.26. The Balaban J connectivity index is 1.65. The third kappa shape index (κ3) is 3.29. The van der Waals surface area contributed by atoms with Crippen molar-refractivity contribution in [3.05, 3.63) is 81.3 Å². The van der Waals surface area contributed by atoms with E-state index in [1.807, 2.05) is 43.3 Å². The molecule has 1 aromatic heterocycles. The number of amides is 1. The normalized spacial score (nSPS) is 13.1. The fraction of sp³-hybridized carbons (Fsp3) is 0.227. The van der Waals surface area contributed by atoms with Crippen LogP contribution in [0.25, 0.3) is 11.4 Å². The number of nitrogens with one attached hydrogen (secondary N) is 1. The van der Waals surface area contributed by atoms with Crippen molar-refractivity contribution in [2.24, 2.45) is 0 Å². The van der Waals surface area contributed by atoms with E-state index >= 15 is 0 Å². The van der Waals surface area contributed by atoms with Crippen LogP contribution in [0, 0.1) is 6.92 Å². The number of aromatic nitrogens is 2. The summed E-state index contributed by atoms with van der Waals surface area (Å²) in [4.78, 5) is 34.8. The summed E-state index contributed by atoms with van der Waals surface area (Å²) in [5, 5.41) is 0. The zero-order valence-corrected chi connectivity index (χ0v) is 15.9. The molecule has 1 aliphatic rings. The van der Waals surface area contributed by atoms with E-state index in [4.69, 9.17) is 4.74 Å². The number of aryl methyl sites for hydroxylation is 1. The van der Waals surface area contributed by atoms with E-state index in [1.54, 1.807) is 24.1 Å². The number of benzene rings is 2. The Morgan fingerprint density at radius 1 is 1.18 bits per heavy atom. The monoisotopic (exact) mass is 375 g/mol. The molecule has 142 valence electrons. The predicted octanol–water partition coefficient (Wildman–Crippen LogP) is 2.95. The average molecular weight is 375 g/mol. The van der Waals surface area contributed by atoms with Crippen molar-refractivity contribution in [1.29, 1.82) is 0 Å². The van der Waals surface area contributed by atoms with Gasteiger partial charge in [-0.05, 0) is 37.1 Å². The Labute approximate surface area is 162 Å². The predicted molar refractivity (Wildman–Crippen MR) is 106 cm³/mol. The second-order valence-corrected chi connectivity index (χ2v) is 6.86. The van der Waals surface area contributed by atoms with E-state index in [0.29, 0.717) is 42.2 Å². The van der Waals surface area contributed by atoms with Gasteiger partial charge in [0, 0.05) is 23.2 Å².